The van der Waals surface area contributed by atoms with Gasteiger partial charge in [0.15, 0.2) is 0 Å². The molecule has 3 rings (SSSR count). The van der Waals surface area contributed by atoms with Crippen LogP contribution >= 0.6 is 0 Å². The van der Waals surface area contributed by atoms with Crippen molar-refractivity contribution in [2.75, 3.05) is 10.6 Å². The second-order valence-electron chi connectivity index (χ2n) is 6.12. The Morgan fingerprint density at radius 2 is 1.52 bits per heavy atom. The maximum atomic E-state index is 13.0. The fourth-order valence-electron chi connectivity index (χ4n) is 2.51. The number of halogens is 1. The minimum Gasteiger partial charge on any atom is -0.322 e. The summed E-state index contributed by atoms with van der Waals surface area (Å²) < 4.78 is 13.0. The number of nitrogens with zero attached hydrogens (tertiary/aromatic N) is 1. The largest absolute Gasteiger partial charge is 0.322 e. The molecule has 0 atom stereocenters. The molecule has 2 N–H and O–H groups in total. The van der Waals surface area contributed by atoms with Gasteiger partial charge in [0.2, 0.25) is 0 Å². The van der Waals surface area contributed by atoms with Crippen LogP contribution in [-0.4, -0.2) is 16.8 Å². The molecule has 6 heteroatoms. The Morgan fingerprint density at radius 1 is 0.889 bits per heavy atom. The Bertz CT molecular complexity index is 1000. The maximum absolute atomic E-state index is 13.0. The number of carbonyl (C=O) groups is 2. The third-order valence-corrected chi connectivity index (χ3v) is 4.22. The van der Waals surface area contributed by atoms with Crippen molar-refractivity contribution in [2.24, 2.45) is 0 Å². The number of nitrogens with one attached hydrogen (secondary N) is 2. The van der Waals surface area contributed by atoms with Gasteiger partial charge in [-0.05, 0) is 61.4 Å². The van der Waals surface area contributed by atoms with Gasteiger partial charge in [0.25, 0.3) is 11.8 Å². The summed E-state index contributed by atoms with van der Waals surface area (Å²) in [6.45, 7) is 3.89. The lowest BCUT2D eigenvalue weighted by molar-refractivity contribution is 0.102. The summed E-state index contributed by atoms with van der Waals surface area (Å²) in [5.74, 6) is -1.18. The van der Waals surface area contributed by atoms with E-state index in [2.05, 4.69) is 15.6 Å². The Morgan fingerprint density at radius 3 is 2.19 bits per heavy atom. The van der Waals surface area contributed by atoms with E-state index in [1.54, 1.807) is 0 Å². The van der Waals surface area contributed by atoms with Gasteiger partial charge in [0.1, 0.15) is 5.82 Å². The zero-order chi connectivity index (χ0) is 19.4. The predicted molar refractivity (Wildman–Crippen MR) is 102 cm³/mol. The second kappa shape index (κ2) is 7.78. The molecule has 0 bridgehead atoms. The van der Waals surface area contributed by atoms with E-state index >= 15 is 0 Å². The van der Waals surface area contributed by atoms with E-state index in [1.807, 2.05) is 32.0 Å². The van der Waals surface area contributed by atoms with Crippen LogP contribution in [0.2, 0.25) is 0 Å². The van der Waals surface area contributed by atoms with Crippen LogP contribution in [-0.2, 0) is 0 Å². The number of hydrogen-bond donors (Lipinski definition) is 2. The number of rotatable bonds is 4. The van der Waals surface area contributed by atoms with Crippen LogP contribution in [0.15, 0.2) is 60.9 Å². The van der Waals surface area contributed by atoms with E-state index in [0.717, 1.165) is 11.1 Å². The lowest BCUT2D eigenvalue weighted by Crippen LogP contribution is -2.16. The van der Waals surface area contributed by atoms with Gasteiger partial charge in [-0.2, -0.15) is 0 Å². The molecule has 2 aromatic carbocycles. The molecule has 0 spiro atoms. The van der Waals surface area contributed by atoms with Crippen LogP contribution in [0.25, 0.3) is 0 Å². The number of pyridine rings is 1. The van der Waals surface area contributed by atoms with Crippen LogP contribution < -0.4 is 10.6 Å². The number of amides is 2. The molecule has 1 aromatic heterocycles. The summed E-state index contributed by atoms with van der Waals surface area (Å²) in [5, 5.41) is 5.48. The topological polar surface area (TPSA) is 71.1 Å². The molecule has 27 heavy (non-hydrogen) atoms. The fourth-order valence-corrected chi connectivity index (χ4v) is 2.51. The summed E-state index contributed by atoms with van der Waals surface area (Å²) >= 11 is 0. The average molecular weight is 363 g/mol. The normalized spacial score (nSPS) is 10.3. The first-order chi connectivity index (χ1) is 12.9. The highest BCUT2D eigenvalue weighted by Crippen LogP contribution is 2.19. The van der Waals surface area contributed by atoms with E-state index < -0.39 is 5.91 Å². The molecule has 1 heterocycles. The maximum Gasteiger partial charge on any atom is 0.257 e. The Kier molecular flexibility index (Phi) is 5.26. The van der Waals surface area contributed by atoms with E-state index in [9.17, 15) is 14.0 Å². The molecule has 0 aliphatic carbocycles. The van der Waals surface area contributed by atoms with Gasteiger partial charge in [-0.1, -0.05) is 12.1 Å². The first-order valence-electron chi connectivity index (χ1n) is 8.33. The summed E-state index contributed by atoms with van der Waals surface area (Å²) in [6, 6.07) is 12.5. The van der Waals surface area contributed by atoms with Gasteiger partial charge in [-0.25, -0.2) is 4.39 Å². The molecule has 2 amide bonds. The molecule has 0 aliphatic rings. The smallest absolute Gasteiger partial charge is 0.257 e. The Balaban J connectivity index is 1.76. The summed E-state index contributed by atoms with van der Waals surface area (Å²) in [4.78, 5) is 28.9. The highest BCUT2D eigenvalue weighted by Gasteiger charge is 2.13. The molecule has 0 saturated heterocycles. The number of hydrogen-bond acceptors (Lipinski definition) is 3. The van der Waals surface area contributed by atoms with Crippen LogP contribution in [0.3, 0.4) is 0 Å². The molecule has 136 valence electrons. The fraction of sp³-hybridized carbons (Fsp3) is 0.0952. The van der Waals surface area contributed by atoms with Crippen molar-refractivity contribution in [3.8, 4) is 0 Å². The number of carbonyl (C=O) groups excluding carboxylic acids is 2. The van der Waals surface area contributed by atoms with Crippen LogP contribution in [0, 0.1) is 19.7 Å². The van der Waals surface area contributed by atoms with Crippen molar-refractivity contribution >= 4 is 23.2 Å². The number of anilines is 2. The van der Waals surface area contributed by atoms with Gasteiger partial charge in [-0.3, -0.25) is 14.6 Å². The lowest BCUT2D eigenvalue weighted by Gasteiger charge is -2.11. The summed E-state index contributed by atoms with van der Waals surface area (Å²) in [6.07, 6.45) is 2.77. The number of aromatic nitrogens is 1. The molecular weight excluding hydrogens is 345 g/mol. The van der Waals surface area contributed by atoms with Crippen LogP contribution in [0.4, 0.5) is 15.8 Å². The molecule has 0 aliphatic heterocycles. The third kappa shape index (κ3) is 4.36. The first-order valence-corrected chi connectivity index (χ1v) is 8.33. The molecule has 0 fully saturated rings. The van der Waals surface area contributed by atoms with Crippen molar-refractivity contribution in [3.63, 3.8) is 0 Å². The van der Waals surface area contributed by atoms with Gasteiger partial charge in [0, 0.05) is 23.8 Å². The van der Waals surface area contributed by atoms with Crippen LogP contribution in [0.1, 0.15) is 31.8 Å². The Hall–Kier alpha value is -3.54. The molecule has 0 unspecified atom stereocenters. The standard InChI is InChI=1S/C21H18FN3O2/c1-13-4-3-5-19(14(13)2)25-21(27)16-10-15(11-23-12-16)20(26)24-18-8-6-17(22)7-9-18/h3-12H,1-2H3,(H,24,26)(H,25,27). The highest BCUT2D eigenvalue weighted by molar-refractivity contribution is 6.08. The number of aryl methyl sites for hydroxylation is 1. The van der Waals surface area contributed by atoms with E-state index in [4.69, 9.17) is 0 Å². The average Bonchev–Trinajstić information content (AvgIpc) is 2.67. The van der Waals surface area contributed by atoms with Gasteiger partial charge in [-0.15, -0.1) is 0 Å². The van der Waals surface area contributed by atoms with Gasteiger partial charge in [0.05, 0.1) is 11.1 Å². The molecular formula is C21H18FN3O2. The van der Waals surface area contributed by atoms with E-state index in [1.165, 1.54) is 42.7 Å². The van der Waals surface area contributed by atoms with Crippen molar-refractivity contribution < 1.29 is 14.0 Å². The van der Waals surface area contributed by atoms with Crippen molar-refractivity contribution in [1.29, 1.82) is 0 Å². The summed E-state index contributed by atoms with van der Waals surface area (Å²) in [5.41, 5.74) is 3.70. The number of benzene rings is 2. The van der Waals surface area contributed by atoms with E-state index in [0.29, 0.717) is 11.4 Å². The highest BCUT2D eigenvalue weighted by atomic mass is 19.1. The molecule has 0 radical (unpaired) electrons. The summed E-state index contributed by atoms with van der Waals surface area (Å²) in [7, 11) is 0. The Labute approximate surface area is 156 Å². The second-order valence-corrected chi connectivity index (χ2v) is 6.12. The van der Waals surface area contributed by atoms with Crippen LogP contribution in [0.5, 0.6) is 0 Å². The van der Waals surface area contributed by atoms with Crippen molar-refractivity contribution in [2.45, 2.75) is 13.8 Å². The van der Waals surface area contributed by atoms with Crippen molar-refractivity contribution in [1.82, 2.24) is 4.98 Å². The predicted octanol–water partition coefficient (Wildman–Crippen LogP) is 4.34. The van der Waals surface area contributed by atoms with Gasteiger partial charge < -0.3 is 10.6 Å². The first kappa shape index (κ1) is 18.3. The lowest BCUT2D eigenvalue weighted by atomic mass is 10.1. The minimum atomic E-state index is -0.435. The minimum absolute atomic E-state index is 0.230. The molecule has 5 nitrogen and oxygen atoms in total. The quantitative estimate of drug-likeness (QED) is 0.724. The SMILES string of the molecule is Cc1cccc(NC(=O)c2cncc(C(=O)Nc3ccc(F)cc3)c2)c1C. The zero-order valence-corrected chi connectivity index (χ0v) is 14.9. The van der Waals surface area contributed by atoms with Gasteiger partial charge >= 0.3 is 0 Å². The van der Waals surface area contributed by atoms with E-state index in [-0.39, 0.29) is 22.9 Å². The van der Waals surface area contributed by atoms with Crippen molar-refractivity contribution in [3.05, 3.63) is 89.0 Å². The molecule has 0 saturated carbocycles. The molecule has 3 aromatic rings. The monoisotopic (exact) mass is 363 g/mol. The third-order valence-electron chi connectivity index (χ3n) is 4.22. The zero-order valence-electron chi connectivity index (χ0n) is 14.9.